The molecule has 7 nitrogen and oxygen atoms in total. The van der Waals surface area contributed by atoms with E-state index in [1.165, 1.54) is 0 Å². The number of hydrogen-bond donors (Lipinski definition) is 0. The van der Waals surface area contributed by atoms with E-state index in [1.54, 1.807) is 6.20 Å². The van der Waals surface area contributed by atoms with Crippen molar-refractivity contribution in [1.29, 1.82) is 0 Å². The molecule has 6 aromatic carbocycles. The van der Waals surface area contributed by atoms with Gasteiger partial charge in [0.2, 0.25) is 5.95 Å². The maximum absolute atomic E-state index is 6.25. The molecule has 0 spiro atoms. The Labute approximate surface area is 290 Å². The van der Waals surface area contributed by atoms with Crippen molar-refractivity contribution in [2.75, 3.05) is 0 Å². The van der Waals surface area contributed by atoms with Gasteiger partial charge in [0.15, 0.2) is 11.6 Å². The summed E-state index contributed by atoms with van der Waals surface area (Å²) in [6.45, 7) is 0. The van der Waals surface area contributed by atoms with Gasteiger partial charge in [0.25, 0.3) is 0 Å². The highest BCUT2D eigenvalue weighted by Gasteiger charge is 2.21. The van der Waals surface area contributed by atoms with Crippen LogP contribution in [0, 0.1) is 0 Å². The lowest BCUT2D eigenvalue weighted by atomic mass is 9.98. The Balaban J connectivity index is 1.19. The first-order valence-corrected chi connectivity index (χ1v) is 16.8. The van der Waals surface area contributed by atoms with Crippen LogP contribution in [0.2, 0.25) is 0 Å². The molecule has 0 saturated heterocycles. The molecular weight excluding hydrogens is 631 g/mol. The third kappa shape index (κ3) is 4.18. The van der Waals surface area contributed by atoms with Crippen LogP contribution in [0.3, 0.4) is 0 Å². The van der Waals surface area contributed by atoms with E-state index in [2.05, 4.69) is 94.5 Å². The van der Waals surface area contributed by atoms with Crippen LogP contribution in [-0.4, -0.2) is 24.5 Å². The molecule has 11 aromatic rings. The molecule has 5 aromatic heterocycles. The standard InChI is InChI=1S/C44H25N5O2/c1-4-17-34-29(12-1)30-13-2-5-18-35(30)49(34)44-47-42(46-43(48-44)32-16-9-21-39-41(32)33-25-45-23-22-37(33)51-39)27-11-7-10-26(24-27)28-15-8-20-38-40(28)31-14-3-6-19-36(31)50-38/h1-25H. The van der Waals surface area contributed by atoms with E-state index in [0.717, 1.165) is 87.9 Å². The van der Waals surface area contributed by atoms with Crippen LogP contribution >= 0.6 is 0 Å². The highest BCUT2D eigenvalue weighted by atomic mass is 16.3. The molecular formula is C44H25N5O2. The fourth-order valence-corrected chi connectivity index (χ4v) is 7.55. The Hall–Kier alpha value is -7.12. The highest BCUT2D eigenvalue weighted by molar-refractivity contribution is 6.13. The number of benzene rings is 6. The van der Waals surface area contributed by atoms with E-state index in [0.29, 0.717) is 17.6 Å². The lowest BCUT2D eigenvalue weighted by molar-refractivity contribution is 0.668. The average molecular weight is 656 g/mol. The Kier molecular flexibility index (Phi) is 5.83. The Morgan fingerprint density at radius 3 is 1.80 bits per heavy atom. The van der Waals surface area contributed by atoms with Crippen LogP contribution in [0.5, 0.6) is 0 Å². The summed E-state index contributed by atoms with van der Waals surface area (Å²) in [4.78, 5) is 20.1. The number of fused-ring (bicyclic) bond motifs is 9. The zero-order chi connectivity index (χ0) is 33.5. The van der Waals surface area contributed by atoms with E-state index >= 15 is 0 Å². The molecule has 238 valence electrons. The van der Waals surface area contributed by atoms with Gasteiger partial charge in [-0.25, -0.2) is 4.98 Å². The van der Waals surface area contributed by atoms with Gasteiger partial charge in [0, 0.05) is 55.8 Å². The maximum atomic E-state index is 6.25. The van der Waals surface area contributed by atoms with Crippen molar-refractivity contribution in [1.82, 2.24) is 24.5 Å². The van der Waals surface area contributed by atoms with E-state index in [9.17, 15) is 0 Å². The van der Waals surface area contributed by atoms with Crippen LogP contribution in [0.4, 0.5) is 0 Å². The first-order valence-electron chi connectivity index (χ1n) is 16.8. The Morgan fingerprint density at radius 1 is 0.431 bits per heavy atom. The van der Waals surface area contributed by atoms with E-state index in [-0.39, 0.29) is 0 Å². The molecule has 0 N–H and O–H groups in total. The molecule has 11 rings (SSSR count). The smallest absolute Gasteiger partial charge is 0.238 e. The summed E-state index contributed by atoms with van der Waals surface area (Å²) in [5.74, 6) is 1.64. The SMILES string of the molecule is c1cc(-c2nc(-c3cccc4oc5ccncc5c34)nc(-n3c4ccccc4c4ccccc43)n2)cc(-c2cccc3oc4ccccc4c23)c1. The quantitative estimate of drug-likeness (QED) is 0.188. The maximum Gasteiger partial charge on any atom is 0.238 e. The van der Waals surface area contributed by atoms with Crippen LogP contribution in [0.1, 0.15) is 0 Å². The Bertz CT molecular complexity index is 3120. The molecule has 0 saturated carbocycles. The summed E-state index contributed by atoms with van der Waals surface area (Å²) in [5.41, 5.74) is 9.10. The molecule has 0 radical (unpaired) electrons. The minimum Gasteiger partial charge on any atom is -0.456 e. The van der Waals surface area contributed by atoms with Crippen molar-refractivity contribution in [3.63, 3.8) is 0 Å². The van der Waals surface area contributed by atoms with Crippen LogP contribution in [-0.2, 0) is 0 Å². The van der Waals surface area contributed by atoms with Gasteiger partial charge in [0.05, 0.1) is 11.0 Å². The number of furan rings is 2. The van der Waals surface area contributed by atoms with Crippen LogP contribution in [0.15, 0.2) is 161 Å². The summed E-state index contributed by atoms with van der Waals surface area (Å²) < 4.78 is 14.6. The predicted molar refractivity (Wildman–Crippen MR) is 203 cm³/mol. The zero-order valence-corrected chi connectivity index (χ0v) is 27.0. The fourth-order valence-electron chi connectivity index (χ4n) is 7.55. The molecule has 0 aliphatic rings. The van der Waals surface area contributed by atoms with E-state index in [1.807, 2.05) is 60.8 Å². The molecule has 7 heteroatoms. The predicted octanol–water partition coefficient (Wildman–Crippen LogP) is 11.2. The normalized spacial score (nSPS) is 11.9. The number of pyridine rings is 1. The van der Waals surface area contributed by atoms with E-state index < -0.39 is 0 Å². The number of hydrogen-bond acceptors (Lipinski definition) is 6. The fraction of sp³-hybridized carbons (Fsp3) is 0. The van der Waals surface area contributed by atoms with Gasteiger partial charge in [0.1, 0.15) is 22.3 Å². The van der Waals surface area contributed by atoms with Gasteiger partial charge in [-0.2, -0.15) is 9.97 Å². The van der Waals surface area contributed by atoms with Gasteiger partial charge >= 0.3 is 0 Å². The first-order chi connectivity index (χ1) is 25.3. The number of nitrogens with zero attached hydrogens (tertiary/aromatic N) is 5. The van der Waals surface area contributed by atoms with Crippen LogP contribution in [0.25, 0.3) is 106 Å². The van der Waals surface area contributed by atoms with Crippen molar-refractivity contribution >= 4 is 65.7 Å². The topological polar surface area (TPSA) is 82.8 Å². The average Bonchev–Trinajstić information content (AvgIpc) is 3.87. The van der Waals surface area contributed by atoms with Crippen molar-refractivity contribution in [3.05, 3.63) is 152 Å². The van der Waals surface area contributed by atoms with Gasteiger partial charge in [-0.15, -0.1) is 0 Å². The summed E-state index contributed by atoms with van der Waals surface area (Å²) >= 11 is 0. The van der Waals surface area contributed by atoms with Gasteiger partial charge < -0.3 is 8.83 Å². The molecule has 0 atom stereocenters. The minimum absolute atomic E-state index is 0.531. The first kappa shape index (κ1) is 27.8. The summed E-state index contributed by atoms with van der Waals surface area (Å²) in [6, 6.07) is 47.4. The lowest BCUT2D eigenvalue weighted by Gasteiger charge is -2.12. The zero-order valence-electron chi connectivity index (χ0n) is 27.0. The van der Waals surface area contributed by atoms with Gasteiger partial charge in [-0.3, -0.25) is 9.55 Å². The van der Waals surface area contributed by atoms with Crippen molar-refractivity contribution < 1.29 is 8.83 Å². The van der Waals surface area contributed by atoms with Crippen LogP contribution < -0.4 is 0 Å². The molecule has 0 unspecified atom stereocenters. The second kappa shape index (κ2) is 10.7. The summed E-state index contributed by atoms with van der Waals surface area (Å²) in [6.07, 6.45) is 3.58. The monoisotopic (exact) mass is 655 g/mol. The highest BCUT2D eigenvalue weighted by Crippen LogP contribution is 2.39. The second-order valence-corrected chi connectivity index (χ2v) is 12.7. The number of para-hydroxylation sites is 3. The van der Waals surface area contributed by atoms with Crippen molar-refractivity contribution in [3.8, 4) is 39.9 Å². The van der Waals surface area contributed by atoms with Crippen molar-refractivity contribution in [2.24, 2.45) is 0 Å². The third-order valence-corrected chi connectivity index (χ3v) is 9.78. The second-order valence-electron chi connectivity index (χ2n) is 12.7. The largest absolute Gasteiger partial charge is 0.456 e. The summed E-state index contributed by atoms with van der Waals surface area (Å²) in [7, 11) is 0. The molecule has 0 bridgehead atoms. The number of aromatic nitrogens is 5. The number of rotatable bonds is 4. The molecule has 0 aliphatic carbocycles. The third-order valence-electron chi connectivity index (χ3n) is 9.78. The summed E-state index contributed by atoms with van der Waals surface area (Å²) in [5, 5.41) is 6.25. The molecule has 0 fully saturated rings. The van der Waals surface area contributed by atoms with Crippen molar-refractivity contribution in [2.45, 2.75) is 0 Å². The lowest BCUT2D eigenvalue weighted by Crippen LogP contribution is -2.06. The van der Waals surface area contributed by atoms with E-state index in [4.69, 9.17) is 23.8 Å². The molecule has 5 heterocycles. The minimum atomic E-state index is 0.531. The Morgan fingerprint density at radius 2 is 1.02 bits per heavy atom. The molecule has 0 amide bonds. The molecule has 0 aliphatic heterocycles. The van der Waals surface area contributed by atoms with Gasteiger partial charge in [-0.05, 0) is 53.6 Å². The molecule has 51 heavy (non-hydrogen) atoms. The van der Waals surface area contributed by atoms with Gasteiger partial charge in [-0.1, -0.05) is 97.1 Å².